The highest BCUT2D eigenvalue weighted by Crippen LogP contribution is 2.21. The molecule has 0 bridgehead atoms. The van der Waals surface area contributed by atoms with Crippen LogP contribution >= 0.6 is 0 Å². The van der Waals surface area contributed by atoms with E-state index in [9.17, 15) is 0 Å². The van der Waals surface area contributed by atoms with Crippen LogP contribution in [0.2, 0.25) is 0 Å². The summed E-state index contributed by atoms with van der Waals surface area (Å²) in [5.74, 6) is 0.832. The summed E-state index contributed by atoms with van der Waals surface area (Å²) in [6.45, 7) is 5.60. The molecule has 0 amide bonds. The fourth-order valence-electron chi connectivity index (χ4n) is 3.14. The van der Waals surface area contributed by atoms with Crippen molar-refractivity contribution in [2.75, 3.05) is 6.54 Å². The first-order valence-electron chi connectivity index (χ1n) is 8.85. The Bertz CT molecular complexity index is 232. The van der Waals surface area contributed by atoms with Crippen LogP contribution in [0.5, 0.6) is 0 Å². The zero-order valence-corrected chi connectivity index (χ0v) is 13.4. The van der Waals surface area contributed by atoms with Gasteiger partial charge in [0, 0.05) is 12.3 Å². The van der Waals surface area contributed by atoms with Crippen molar-refractivity contribution in [3.63, 3.8) is 0 Å². The van der Waals surface area contributed by atoms with Crippen molar-refractivity contribution in [2.24, 2.45) is 10.9 Å². The average molecular weight is 265 g/mol. The van der Waals surface area contributed by atoms with Crippen LogP contribution in [-0.4, -0.2) is 12.3 Å². The quantitative estimate of drug-likeness (QED) is 0.374. The van der Waals surface area contributed by atoms with Gasteiger partial charge in [0.2, 0.25) is 0 Å². The zero-order chi connectivity index (χ0) is 13.8. The first-order valence-corrected chi connectivity index (χ1v) is 8.85. The Morgan fingerprint density at radius 1 is 0.842 bits per heavy atom. The lowest BCUT2D eigenvalue weighted by molar-refractivity contribution is 0.518. The molecule has 0 fully saturated rings. The Morgan fingerprint density at radius 3 is 1.84 bits per heavy atom. The molecule has 0 radical (unpaired) electrons. The van der Waals surface area contributed by atoms with Crippen LogP contribution in [-0.2, 0) is 0 Å². The van der Waals surface area contributed by atoms with Gasteiger partial charge in [-0.15, -0.1) is 0 Å². The highest BCUT2D eigenvalue weighted by atomic mass is 14.8. The number of nitrogens with zero attached hydrogens (tertiary/aromatic N) is 1. The van der Waals surface area contributed by atoms with Gasteiger partial charge in [-0.3, -0.25) is 4.99 Å². The zero-order valence-electron chi connectivity index (χ0n) is 13.4. The van der Waals surface area contributed by atoms with Crippen molar-refractivity contribution in [2.45, 2.75) is 97.3 Å². The third kappa shape index (κ3) is 8.44. The molecule has 0 saturated carbocycles. The van der Waals surface area contributed by atoms with Crippen LogP contribution in [0.15, 0.2) is 4.99 Å². The van der Waals surface area contributed by atoms with Gasteiger partial charge < -0.3 is 0 Å². The molecule has 112 valence electrons. The largest absolute Gasteiger partial charge is 0.294 e. The fourth-order valence-corrected chi connectivity index (χ4v) is 3.14. The van der Waals surface area contributed by atoms with E-state index in [0.717, 1.165) is 12.5 Å². The van der Waals surface area contributed by atoms with Gasteiger partial charge in [-0.2, -0.15) is 0 Å². The molecular weight excluding hydrogens is 230 g/mol. The molecule has 0 N–H and O–H groups in total. The molecule has 1 aliphatic heterocycles. The third-order valence-electron chi connectivity index (χ3n) is 4.59. The smallest absolute Gasteiger partial charge is 0.0394 e. The monoisotopic (exact) mass is 265 g/mol. The normalized spacial score (nSPS) is 18.8. The summed E-state index contributed by atoms with van der Waals surface area (Å²) < 4.78 is 0. The molecule has 0 unspecified atom stereocenters. The standard InChI is InChI=1S/C18H35N/c1-3-4-5-6-7-8-9-10-11-12-13-14-18-15-16-19-17(18)2/h18H,3-16H2,1-2H3/t18-/m0/s1. The SMILES string of the molecule is CCCCCCCCCCCCC[C@H]1CCN=C1C. The maximum Gasteiger partial charge on any atom is 0.0394 e. The van der Waals surface area contributed by atoms with E-state index >= 15 is 0 Å². The van der Waals surface area contributed by atoms with E-state index in [4.69, 9.17) is 0 Å². The predicted molar refractivity (Wildman–Crippen MR) is 87.2 cm³/mol. The highest BCUT2D eigenvalue weighted by molar-refractivity contribution is 5.85. The molecule has 0 saturated heterocycles. The van der Waals surface area contributed by atoms with Crippen LogP contribution in [0, 0.1) is 5.92 Å². The van der Waals surface area contributed by atoms with Gasteiger partial charge in [0.05, 0.1) is 0 Å². The fraction of sp³-hybridized carbons (Fsp3) is 0.944. The van der Waals surface area contributed by atoms with Crippen molar-refractivity contribution in [3.05, 3.63) is 0 Å². The molecule has 1 heterocycles. The number of unbranched alkanes of at least 4 members (excludes halogenated alkanes) is 10. The van der Waals surface area contributed by atoms with E-state index in [0.29, 0.717) is 0 Å². The lowest BCUT2D eigenvalue weighted by Crippen LogP contribution is -2.05. The molecular formula is C18H35N. The van der Waals surface area contributed by atoms with E-state index in [1.807, 2.05) is 0 Å². The maximum absolute atomic E-state index is 4.50. The van der Waals surface area contributed by atoms with Gasteiger partial charge >= 0.3 is 0 Å². The summed E-state index contributed by atoms with van der Waals surface area (Å²) >= 11 is 0. The Balaban J connectivity index is 1.75. The van der Waals surface area contributed by atoms with Crippen molar-refractivity contribution >= 4 is 5.71 Å². The molecule has 1 aliphatic rings. The first-order chi connectivity index (χ1) is 9.34. The minimum atomic E-state index is 0.832. The molecule has 0 aliphatic carbocycles. The lowest BCUT2D eigenvalue weighted by atomic mass is 9.95. The van der Waals surface area contributed by atoms with Crippen molar-refractivity contribution in [1.29, 1.82) is 0 Å². The summed E-state index contributed by atoms with van der Waals surface area (Å²) in [6, 6.07) is 0. The van der Waals surface area contributed by atoms with Crippen LogP contribution < -0.4 is 0 Å². The van der Waals surface area contributed by atoms with E-state index in [-0.39, 0.29) is 0 Å². The van der Waals surface area contributed by atoms with E-state index in [1.165, 1.54) is 89.2 Å². The molecule has 1 atom stereocenters. The van der Waals surface area contributed by atoms with Crippen LogP contribution in [0.3, 0.4) is 0 Å². The Morgan fingerprint density at radius 2 is 1.37 bits per heavy atom. The minimum Gasteiger partial charge on any atom is -0.294 e. The van der Waals surface area contributed by atoms with E-state index in [1.54, 1.807) is 0 Å². The molecule has 1 nitrogen and oxygen atoms in total. The number of rotatable bonds is 12. The van der Waals surface area contributed by atoms with Crippen LogP contribution in [0.4, 0.5) is 0 Å². The third-order valence-corrected chi connectivity index (χ3v) is 4.59. The number of hydrogen-bond donors (Lipinski definition) is 0. The molecule has 19 heavy (non-hydrogen) atoms. The maximum atomic E-state index is 4.50. The highest BCUT2D eigenvalue weighted by Gasteiger charge is 2.15. The molecule has 0 aromatic carbocycles. The van der Waals surface area contributed by atoms with Crippen molar-refractivity contribution in [3.8, 4) is 0 Å². The van der Waals surface area contributed by atoms with E-state index in [2.05, 4.69) is 18.8 Å². The summed E-state index contributed by atoms with van der Waals surface area (Å²) in [5, 5.41) is 0. The van der Waals surface area contributed by atoms with Crippen LogP contribution in [0.25, 0.3) is 0 Å². The lowest BCUT2D eigenvalue weighted by Gasteiger charge is -2.09. The van der Waals surface area contributed by atoms with Gasteiger partial charge in [-0.1, -0.05) is 77.6 Å². The van der Waals surface area contributed by atoms with Gasteiger partial charge in [0.1, 0.15) is 0 Å². The average Bonchev–Trinajstić information content (AvgIpc) is 2.82. The first kappa shape index (κ1) is 16.7. The van der Waals surface area contributed by atoms with Crippen molar-refractivity contribution < 1.29 is 0 Å². The second-order valence-corrected chi connectivity index (χ2v) is 6.33. The minimum absolute atomic E-state index is 0.832. The number of aliphatic imine (C=N–C) groups is 1. The van der Waals surface area contributed by atoms with Gasteiger partial charge in [0.25, 0.3) is 0 Å². The Kier molecular flexibility index (Phi) is 10.1. The number of hydrogen-bond acceptors (Lipinski definition) is 1. The van der Waals surface area contributed by atoms with Crippen LogP contribution in [0.1, 0.15) is 97.3 Å². The Hall–Kier alpha value is -0.330. The molecule has 0 aromatic rings. The molecule has 0 spiro atoms. The Labute approximate surface area is 121 Å². The second-order valence-electron chi connectivity index (χ2n) is 6.33. The molecule has 1 rings (SSSR count). The topological polar surface area (TPSA) is 12.4 Å². The summed E-state index contributed by atoms with van der Waals surface area (Å²) in [6.07, 6.45) is 18.6. The second kappa shape index (κ2) is 11.5. The summed E-state index contributed by atoms with van der Waals surface area (Å²) in [5.41, 5.74) is 1.42. The summed E-state index contributed by atoms with van der Waals surface area (Å²) in [7, 11) is 0. The van der Waals surface area contributed by atoms with Gasteiger partial charge in [-0.25, -0.2) is 0 Å². The molecule has 1 heteroatoms. The predicted octanol–water partition coefficient (Wildman–Crippen LogP) is 6.17. The van der Waals surface area contributed by atoms with E-state index < -0.39 is 0 Å². The molecule has 0 aromatic heterocycles. The van der Waals surface area contributed by atoms with Gasteiger partial charge in [0.15, 0.2) is 0 Å². The van der Waals surface area contributed by atoms with Gasteiger partial charge in [-0.05, 0) is 25.7 Å². The summed E-state index contributed by atoms with van der Waals surface area (Å²) in [4.78, 5) is 4.50. The van der Waals surface area contributed by atoms with Crippen molar-refractivity contribution in [1.82, 2.24) is 0 Å².